The van der Waals surface area contributed by atoms with Gasteiger partial charge in [0.25, 0.3) is 0 Å². The SMILES string of the molecule is CCN(CCCc1ccc(N)cc1)C1CCCCC1. The van der Waals surface area contributed by atoms with Gasteiger partial charge >= 0.3 is 0 Å². The van der Waals surface area contributed by atoms with Crippen molar-refractivity contribution < 1.29 is 0 Å². The average Bonchev–Trinajstić information content (AvgIpc) is 2.46. The first kappa shape index (κ1) is 14.4. The molecular formula is C17H28N2. The van der Waals surface area contributed by atoms with E-state index in [1.54, 1.807) is 0 Å². The number of benzene rings is 1. The molecular weight excluding hydrogens is 232 g/mol. The maximum atomic E-state index is 5.71. The van der Waals surface area contributed by atoms with Crippen LogP contribution in [0.3, 0.4) is 0 Å². The highest BCUT2D eigenvalue weighted by atomic mass is 15.1. The van der Waals surface area contributed by atoms with Crippen molar-refractivity contribution in [1.82, 2.24) is 4.90 Å². The van der Waals surface area contributed by atoms with E-state index in [9.17, 15) is 0 Å². The molecule has 1 aliphatic carbocycles. The molecule has 0 atom stereocenters. The standard InChI is InChI=1S/C17H28N2/c1-2-19(17-8-4-3-5-9-17)14-6-7-15-10-12-16(18)13-11-15/h10-13,17H,2-9,14,18H2,1H3. The minimum Gasteiger partial charge on any atom is -0.399 e. The van der Waals surface area contributed by atoms with E-state index in [0.717, 1.165) is 11.7 Å². The molecule has 106 valence electrons. The van der Waals surface area contributed by atoms with Crippen LogP contribution in [0.5, 0.6) is 0 Å². The zero-order valence-corrected chi connectivity index (χ0v) is 12.3. The molecule has 0 unspecified atom stereocenters. The van der Waals surface area contributed by atoms with E-state index in [4.69, 9.17) is 5.73 Å². The van der Waals surface area contributed by atoms with Crippen molar-refractivity contribution in [2.24, 2.45) is 0 Å². The normalized spacial score (nSPS) is 16.9. The monoisotopic (exact) mass is 260 g/mol. The Hall–Kier alpha value is -1.02. The number of nitrogens with two attached hydrogens (primary N) is 1. The second-order valence-electron chi connectivity index (χ2n) is 5.77. The summed E-state index contributed by atoms with van der Waals surface area (Å²) in [4.78, 5) is 2.69. The Balaban J connectivity index is 1.74. The molecule has 0 saturated heterocycles. The van der Waals surface area contributed by atoms with Gasteiger partial charge < -0.3 is 10.6 Å². The lowest BCUT2D eigenvalue weighted by molar-refractivity contribution is 0.162. The molecule has 2 heteroatoms. The maximum Gasteiger partial charge on any atom is 0.0314 e. The molecule has 1 aliphatic rings. The van der Waals surface area contributed by atoms with E-state index in [1.165, 1.54) is 63.6 Å². The number of rotatable bonds is 6. The minimum atomic E-state index is 0.852. The lowest BCUT2D eigenvalue weighted by Crippen LogP contribution is -2.37. The molecule has 0 aliphatic heterocycles. The molecule has 0 bridgehead atoms. The second kappa shape index (κ2) is 7.54. The Morgan fingerprint density at radius 1 is 1.11 bits per heavy atom. The first-order valence-electron chi connectivity index (χ1n) is 7.88. The summed E-state index contributed by atoms with van der Waals surface area (Å²) in [6.45, 7) is 4.75. The van der Waals surface area contributed by atoms with Gasteiger partial charge in [-0.15, -0.1) is 0 Å². The van der Waals surface area contributed by atoms with Crippen LogP contribution in [0.25, 0.3) is 0 Å². The molecule has 19 heavy (non-hydrogen) atoms. The van der Waals surface area contributed by atoms with E-state index >= 15 is 0 Å². The number of hydrogen-bond donors (Lipinski definition) is 1. The van der Waals surface area contributed by atoms with Crippen LogP contribution in [0.2, 0.25) is 0 Å². The quantitative estimate of drug-likeness (QED) is 0.787. The van der Waals surface area contributed by atoms with Crippen LogP contribution in [0, 0.1) is 0 Å². The molecule has 1 aromatic carbocycles. The summed E-state index contributed by atoms with van der Waals surface area (Å²) in [7, 11) is 0. The van der Waals surface area contributed by atoms with Gasteiger partial charge in [-0.2, -0.15) is 0 Å². The molecule has 0 heterocycles. The molecule has 1 saturated carbocycles. The molecule has 0 radical (unpaired) electrons. The number of nitrogens with zero attached hydrogens (tertiary/aromatic N) is 1. The molecule has 0 amide bonds. The van der Waals surface area contributed by atoms with Crippen molar-refractivity contribution >= 4 is 5.69 Å². The summed E-state index contributed by atoms with van der Waals surface area (Å²) in [6, 6.07) is 9.19. The second-order valence-corrected chi connectivity index (χ2v) is 5.77. The summed E-state index contributed by atoms with van der Waals surface area (Å²) in [5.74, 6) is 0. The van der Waals surface area contributed by atoms with E-state index in [0.29, 0.717) is 0 Å². The summed E-state index contributed by atoms with van der Waals surface area (Å²) in [5, 5.41) is 0. The zero-order valence-electron chi connectivity index (χ0n) is 12.3. The minimum absolute atomic E-state index is 0.852. The van der Waals surface area contributed by atoms with E-state index in [1.807, 2.05) is 12.1 Å². The van der Waals surface area contributed by atoms with Crippen molar-refractivity contribution in [1.29, 1.82) is 0 Å². The Morgan fingerprint density at radius 3 is 2.42 bits per heavy atom. The van der Waals surface area contributed by atoms with Gasteiger partial charge in [0, 0.05) is 11.7 Å². The molecule has 2 rings (SSSR count). The molecule has 2 nitrogen and oxygen atoms in total. The van der Waals surface area contributed by atoms with Crippen LogP contribution in [-0.4, -0.2) is 24.0 Å². The largest absolute Gasteiger partial charge is 0.399 e. The molecule has 1 aromatic rings. The number of nitrogen functional groups attached to an aromatic ring is 1. The highest BCUT2D eigenvalue weighted by Gasteiger charge is 2.19. The van der Waals surface area contributed by atoms with Crippen LogP contribution in [-0.2, 0) is 6.42 Å². The van der Waals surface area contributed by atoms with E-state index in [-0.39, 0.29) is 0 Å². The zero-order chi connectivity index (χ0) is 13.5. The van der Waals surface area contributed by atoms with Gasteiger partial charge in [-0.25, -0.2) is 0 Å². The van der Waals surface area contributed by atoms with Crippen molar-refractivity contribution in [2.45, 2.75) is 57.9 Å². The van der Waals surface area contributed by atoms with Crippen LogP contribution in [0.15, 0.2) is 24.3 Å². The summed E-state index contributed by atoms with van der Waals surface area (Å²) in [6.07, 6.45) is 9.56. The molecule has 0 spiro atoms. The predicted octanol–water partition coefficient (Wildman–Crippen LogP) is 3.86. The third-order valence-electron chi connectivity index (χ3n) is 4.39. The molecule has 1 fully saturated rings. The van der Waals surface area contributed by atoms with E-state index < -0.39 is 0 Å². The Kier molecular flexibility index (Phi) is 5.71. The van der Waals surface area contributed by atoms with Gasteiger partial charge in [0.15, 0.2) is 0 Å². The van der Waals surface area contributed by atoms with Gasteiger partial charge in [0.1, 0.15) is 0 Å². The van der Waals surface area contributed by atoms with Gasteiger partial charge in [-0.1, -0.05) is 38.3 Å². The first-order valence-corrected chi connectivity index (χ1v) is 7.88. The number of aryl methyl sites for hydroxylation is 1. The average molecular weight is 260 g/mol. The van der Waals surface area contributed by atoms with E-state index in [2.05, 4.69) is 24.0 Å². The van der Waals surface area contributed by atoms with Gasteiger partial charge in [-0.05, 0) is 56.5 Å². The predicted molar refractivity (Wildman–Crippen MR) is 83.3 cm³/mol. The van der Waals surface area contributed by atoms with Gasteiger partial charge in [-0.3, -0.25) is 0 Å². The van der Waals surface area contributed by atoms with Crippen molar-refractivity contribution in [3.63, 3.8) is 0 Å². The number of anilines is 1. The highest BCUT2D eigenvalue weighted by Crippen LogP contribution is 2.22. The van der Waals surface area contributed by atoms with Gasteiger partial charge in [0.05, 0.1) is 0 Å². The summed E-state index contributed by atoms with van der Waals surface area (Å²) >= 11 is 0. The van der Waals surface area contributed by atoms with Crippen LogP contribution < -0.4 is 5.73 Å². The van der Waals surface area contributed by atoms with Crippen LogP contribution >= 0.6 is 0 Å². The summed E-state index contributed by atoms with van der Waals surface area (Å²) < 4.78 is 0. The topological polar surface area (TPSA) is 29.3 Å². The van der Waals surface area contributed by atoms with Crippen molar-refractivity contribution in [3.8, 4) is 0 Å². The van der Waals surface area contributed by atoms with Crippen molar-refractivity contribution in [2.75, 3.05) is 18.8 Å². The number of hydrogen-bond acceptors (Lipinski definition) is 2. The van der Waals surface area contributed by atoms with Crippen LogP contribution in [0.4, 0.5) is 5.69 Å². The van der Waals surface area contributed by atoms with Crippen molar-refractivity contribution in [3.05, 3.63) is 29.8 Å². The third-order valence-corrected chi connectivity index (χ3v) is 4.39. The summed E-state index contributed by atoms with van der Waals surface area (Å²) in [5.41, 5.74) is 7.99. The molecule has 2 N–H and O–H groups in total. The fourth-order valence-electron chi connectivity index (χ4n) is 3.22. The molecule has 0 aromatic heterocycles. The Morgan fingerprint density at radius 2 is 1.79 bits per heavy atom. The Labute approximate surface area is 118 Å². The highest BCUT2D eigenvalue weighted by molar-refractivity contribution is 5.39. The lowest BCUT2D eigenvalue weighted by atomic mass is 9.94. The van der Waals surface area contributed by atoms with Gasteiger partial charge in [0.2, 0.25) is 0 Å². The first-order chi connectivity index (χ1) is 9.29. The fraction of sp³-hybridized carbons (Fsp3) is 0.647. The maximum absolute atomic E-state index is 5.71. The third kappa shape index (κ3) is 4.54. The smallest absolute Gasteiger partial charge is 0.0314 e. The lowest BCUT2D eigenvalue weighted by Gasteiger charge is -2.33. The Bertz CT molecular complexity index is 352. The fourth-order valence-corrected chi connectivity index (χ4v) is 3.22. The van der Waals surface area contributed by atoms with Crippen LogP contribution in [0.1, 0.15) is 51.0 Å².